The topological polar surface area (TPSA) is 64.4 Å². The van der Waals surface area contributed by atoms with Gasteiger partial charge in [-0.05, 0) is 6.07 Å². The molecule has 3 N–H and O–H groups in total. The van der Waals surface area contributed by atoms with Crippen LogP contribution in [-0.2, 0) is 0 Å². The zero-order valence-corrected chi connectivity index (χ0v) is 4.56. The molecule has 0 fully saturated rings. The molecule has 2 rings (SSSR count). The lowest BCUT2D eigenvalue weighted by atomic mass is 10.6. The largest absolute Gasteiger partial charge is 0.346 e. The number of nitrogens with one attached hydrogen (secondary N) is 3. The lowest BCUT2D eigenvalue weighted by molar-refractivity contribution is 1.19. The summed E-state index contributed by atoms with van der Waals surface area (Å²) in [6.07, 6.45) is 1.76. The van der Waals surface area contributed by atoms with Crippen molar-refractivity contribution in [1.82, 2.24) is 15.0 Å². The molecule has 0 saturated carbocycles. The molecule has 0 aromatic carbocycles. The summed E-state index contributed by atoms with van der Waals surface area (Å²) in [5, 5.41) is 0. The molecular formula is C5H5N3O. The van der Waals surface area contributed by atoms with Crippen LogP contribution in [0.25, 0.3) is 11.2 Å². The van der Waals surface area contributed by atoms with Crippen LogP contribution in [0.5, 0.6) is 0 Å². The highest BCUT2D eigenvalue weighted by molar-refractivity contribution is 5.69. The lowest BCUT2D eigenvalue weighted by Gasteiger charge is -1.67. The first-order valence-electron chi connectivity index (χ1n) is 2.61. The Morgan fingerprint density at radius 1 is 1.33 bits per heavy atom. The minimum Gasteiger partial charge on any atom is -0.346 e. The molecule has 4 heteroatoms. The number of fused-ring (bicyclic) bond motifs is 1. The van der Waals surface area contributed by atoms with Gasteiger partial charge in [0.15, 0.2) is 0 Å². The van der Waals surface area contributed by atoms with Gasteiger partial charge in [-0.1, -0.05) is 0 Å². The van der Waals surface area contributed by atoms with Crippen LogP contribution in [0.4, 0.5) is 0 Å². The van der Waals surface area contributed by atoms with Gasteiger partial charge in [-0.25, -0.2) is 4.79 Å². The average molecular weight is 123 g/mol. The molecule has 2 aromatic heterocycles. The molecule has 9 heavy (non-hydrogen) atoms. The summed E-state index contributed by atoms with van der Waals surface area (Å²) >= 11 is 0. The maximum atomic E-state index is 10.5. The van der Waals surface area contributed by atoms with Gasteiger partial charge >= 0.3 is 5.69 Å². The summed E-state index contributed by atoms with van der Waals surface area (Å²) in [7, 11) is 0. The fourth-order valence-electron chi connectivity index (χ4n) is 0.844. The Labute approximate surface area is 49.9 Å². The maximum Gasteiger partial charge on any atom is 0.324 e. The molecule has 46 valence electrons. The smallest absolute Gasteiger partial charge is 0.324 e. The van der Waals surface area contributed by atoms with Gasteiger partial charge < -0.3 is 9.97 Å². The van der Waals surface area contributed by atoms with Crippen LogP contribution < -0.4 is 5.69 Å². The Morgan fingerprint density at radius 2 is 2.22 bits per heavy atom. The molecule has 0 atom stereocenters. The summed E-state index contributed by atoms with van der Waals surface area (Å²) in [5.74, 6) is 0. The van der Waals surface area contributed by atoms with E-state index in [1.807, 2.05) is 0 Å². The van der Waals surface area contributed by atoms with E-state index in [1.54, 1.807) is 12.3 Å². The molecule has 2 aromatic rings. The van der Waals surface area contributed by atoms with Gasteiger partial charge in [0, 0.05) is 6.20 Å². The van der Waals surface area contributed by atoms with Crippen molar-refractivity contribution in [3.8, 4) is 0 Å². The predicted molar refractivity (Wildman–Crippen MR) is 33.3 cm³/mol. The molecule has 0 aliphatic rings. The van der Waals surface area contributed by atoms with E-state index in [4.69, 9.17) is 0 Å². The number of aromatic nitrogens is 3. The van der Waals surface area contributed by atoms with E-state index in [0.717, 1.165) is 11.2 Å². The van der Waals surface area contributed by atoms with E-state index in [2.05, 4.69) is 15.0 Å². The summed E-state index contributed by atoms with van der Waals surface area (Å²) in [5.41, 5.74) is 1.40. The molecular weight excluding hydrogens is 118 g/mol. The first-order chi connectivity index (χ1) is 4.36. The minimum absolute atomic E-state index is 0.170. The van der Waals surface area contributed by atoms with E-state index in [-0.39, 0.29) is 5.69 Å². The monoisotopic (exact) mass is 123 g/mol. The Balaban J connectivity index is 3.08. The highest BCUT2D eigenvalue weighted by Crippen LogP contribution is 2.00. The number of imidazole rings is 1. The Bertz CT molecular complexity index is 335. The molecule has 4 nitrogen and oxygen atoms in total. The maximum absolute atomic E-state index is 10.5. The van der Waals surface area contributed by atoms with Crippen molar-refractivity contribution in [2.75, 3.05) is 0 Å². The standard InChI is InChI=1S/C5H5N3O/c9-5-7-3-1-2-6-4(3)8-5/h1-2,6H,(H2,7,8,9). The predicted octanol–water partition coefficient (Wildman–Crippen LogP) is 0.184. The second-order valence-corrected chi connectivity index (χ2v) is 1.85. The first kappa shape index (κ1) is 4.43. The van der Waals surface area contributed by atoms with Gasteiger partial charge in [0.05, 0.1) is 5.52 Å². The molecule has 0 bridgehead atoms. The van der Waals surface area contributed by atoms with Gasteiger partial charge in [-0.2, -0.15) is 0 Å². The van der Waals surface area contributed by atoms with Crippen molar-refractivity contribution in [2.24, 2.45) is 0 Å². The van der Waals surface area contributed by atoms with Crippen LogP contribution in [0.2, 0.25) is 0 Å². The van der Waals surface area contributed by atoms with Crippen LogP contribution >= 0.6 is 0 Å². The summed E-state index contributed by atoms with van der Waals surface area (Å²) in [6.45, 7) is 0. The minimum atomic E-state index is -0.170. The summed E-state index contributed by atoms with van der Waals surface area (Å²) in [6, 6.07) is 1.80. The number of rotatable bonds is 0. The van der Waals surface area contributed by atoms with Crippen LogP contribution in [0, 0.1) is 0 Å². The zero-order valence-electron chi connectivity index (χ0n) is 4.56. The van der Waals surface area contributed by atoms with Crippen molar-refractivity contribution in [3.05, 3.63) is 22.7 Å². The first-order valence-corrected chi connectivity index (χ1v) is 2.61. The van der Waals surface area contributed by atoms with Gasteiger partial charge in [-0.15, -0.1) is 0 Å². The third-order valence-corrected chi connectivity index (χ3v) is 1.23. The summed E-state index contributed by atoms with van der Waals surface area (Å²) < 4.78 is 0. The molecule has 0 aliphatic carbocycles. The van der Waals surface area contributed by atoms with E-state index >= 15 is 0 Å². The number of H-pyrrole nitrogens is 3. The number of hydrogen-bond acceptors (Lipinski definition) is 1. The lowest BCUT2D eigenvalue weighted by Crippen LogP contribution is -1.99. The number of aromatic amines is 3. The van der Waals surface area contributed by atoms with Crippen molar-refractivity contribution in [2.45, 2.75) is 0 Å². The SMILES string of the molecule is O=c1[nH]c2cc[nH]c2[nH]1. The van der Waals surface area contributed by atoms with Crippen LogP contribution in [0.1, 0.15) is 0 Å². The molecule has 0 radical (unpaired) electrons. The average Bonchev–Trinajstić information content (AvgIpc) is 2.22. The second kappa shape index (κ2) is 1.28. The zero-order chi connectivity index (χ0) is 6.27. The Hall–Kier alpha value is -1.45. The normalized spacial score (nSPS) is 10.7. The molecule has 0 amide bonds. The van der Waals surface area contributed by atoms with Crippen molar-refractivity contribution < 1.29 is 0 Å². The van der Waals surface area contributed by atoms with E-state index in [0.29, 0.717) is 0 Å². The van der Waals surface area contributed by atoms with Gasteiger partial charge in [-0.3, -0.25) is 4.98 Å². The van der Waals surface area contributed by atoms with Crippen molar-refractivity contribution in [3.63, 3.8) is 0 Å². The van der Waals surface area contributed by atoms with Gasteiger partial charge in [0.2, 0.25) is 0 Å². The Morgan fingerprint density at radius 3 is 3.00 bits per heavy atom. The van der Waals surface area contributed by atoms with Crippen LogP contribution in [0.15, 0.2) is 17.1 Å². The molecule has 0 saturated heterocycles. The third-order valence-electron chi connectivity index (χ3n) is 1.23. The summed E-state index contributed by atoms with van der Waals surface area (Å²) in [4.78, 5) is 18.5. The van der Waals surface area contributed by atoms with E-state index in [1.165, 1.54) is 0 Å². The third kappa shape index (κ3) is 0.495. The fraction of sp³-hybridized carbons (Fsp3) is 0. The number of hydrogen-bond donors (Lipinski definition) is 3. The molecule has 0 unspecified atom stereocenters. The van der Waals surface area contributed by atoms with Crippen molar-refractivity contribution in [1.29, 1.82) is 0 Å². The van der Waals surface area contributed by atoms with Crippen molar-refractivity contribution >= 4 is 11.2 Å². The van der Waals surface area contributed by atoms with Crippen LogP contribution in [0.3, 0.4) is 0 Å². The van der Waals surface area contributed by atoms with Gasteiger partial charge in [0.1, 0.15) is 5.65 Å². The Kier molecular flexibility index (Phi) is 0.631. The quantitative estimate of drug-likeness (QED) is 0.459. The highest BCUT2D eigenvalue weighted by Gasteiger charge is 1.93. The fourth-order valence-corrected chi connectivity index (χ4v) is 0.844. The highest BCUT2D eigenvalue weighted by atomic mass is 16.1. The second-order valence-electron chi connectivity index (χ2n) is 1.85. The molecule has 0 spiro atoms. The van der Waals surface area contributed by atoms with Gasteiger partial charge in [0.25, 0.3) is 0 Å². The van der Waals surface area contributed by atoms with E-state index in [9.17, 15) is 4.79 Å². The van der Waals surface area contributed by atoms with E-state index < -0.39 is 0 Å². The van der Waals surface area contributed by atoms with Crippen LogP contribution in [-0.4, -0.2) is 15.0 Å². The molecule has 2 heterocycles. The molecule has 0 aliphatic heterocycles.